The standard InChI is InChI=1S/C16H25N5O2/c1-2-13-9-5-6-10-20(13)16-14(21(22)23)15(17-11-18-16)19-12-7-3-4-8-12/h11-13H,2-10H2,1H3,(H,17,18,19). The second-order valence-corrected chi connectivity index (χ2v) is 6.53. The molecule has 1 aliphatic carbocycles. The van der Waals surface area contributed by atoms with Gasteiger partial charge in [-0.25, -0.2) is 9.97 Å². The molecule has 1 N–H and O–H groups in total. The molecule has 23 heavy (non-hydrogen) atoms. The molecule has 1 saturated carbocycles. The lowest BCUT2D eigenvalue weighted by molar-refractivity contribution is -0.383. The summed E-state index contributed by atoms with van der Waals surface area (Å²) in [5.74, 6) is 0.865. The lowest BCUT2D eigenvalue weighted by atomic mass is 10.00. The van der Waals surface area contributed by atoms with Crippen molar-refractivity contribution in [3.63, 3.8) is 0 Å². The third-order valence-electron chi connectivity index (χ3n) is 5.05. The molecule has 7 nitrogen and oxygen atoms in total. The summed E-state index contributed by atoms with van der Waals surface area (Å²) in [5, 5.41) is 15.0. The summed E-state index contributed by atoms with van der Waals surface area (Å²) in [6, 6.07) is 0.622. The van der Waals surface area contributed by atoms with Gasteiger partial charge in [-0.2, -0.15) is 0 Å². The Hall–Kier alpha value is -1.92. The molecule has 1 aromatic rings. The molecule has 2 fully saturated rings. The molecule has 2 heterocycles. The van der Waals surface area contributed by atoms with Crippen molar-refractivity contribution in [1.82, 2.24) is 9.97 Å². The molecule has 2 aliphatic rings. The highest BCUT2D eigenvalue weighted by molar-refractivity contribution is 5.71. The van der Waals surface area contributed by atoms with Gasteiger partial charge in [0.05, 0.1) is 4.92 Å². The fourth-order valence-corrected chi connectivity index (χ4v) is 3.82. The SMILES string of the molecule is CCC1CCCCN1c1ncnc(NC2CCCC2)c1[N+](=O)[O-]. The normalized spacial score (nSPS) is 22.3. The number of aromatic nitrogens is 2. The molecule has 0 amide bonds. The Bertz CT molecular complexity index is 559. The van der Waals surface area contributed by atoms with Gasteiger partial charge in [-0.1, -0.05) is 19.8 Å². The Balaban J connectivity index is 1.93. The Morgan fingerprint density at radius 2 is 2.00 bits per heavy atom. The van der Waals surface area contributed by atoms with E-state index in [0.717, 1.165) is 38.6 Å². The summed E-state index contributed by atoms with van der Waals surface area (Å²) in [5.41, 5.74) is 0.0414. The maximum Gasteiger partial charge on any atom is 0.353 e. The lowest BCUT2D eigenvalue weighted by Gasteiger charge is -2.35. The third kappa shape index (κ3) is 3.38. The van der Waals surface area contributed by atoms with Crippen LogP contribution in [-0.2, 0) is 0 Å². The van der Waals surface area contributed by atoms with E-state index in [1.807, 2.05) is 0 Å². The largest absolute Gasteiger partial charge is 0.361 e. The predicted molar refractivity (Wildman–Crippen MR) is 89.8 cm³/mol. The van der Waals surface area contributed by atoms with E-state index in [2.05, 4.69) is 27.1 Å². The zero-order valence-corrected chi connectivity index (χ0v) is 13.7. The van der Waals surface area contributed by atoms with Crippen molar-refractivity contribution in [1.29, 1.82) is 0 Å². The quantitative estimate of drug-likeness (QED) is 0.660. The number of anilines is 2. The van der Waals surface area contributed by atoms with E-state index in [1.165, 1.54) is 25.6 Å². The number of nitro groups is 1. The van der Waals surface area contributed by atoms with E-state index in [0.29, 0.717) is 23.7 Å². The summed E-state index contributed by atoms with van der Waals surface area (Å²) in [4.78, 5) is 22.0. The summed E-state index contributed by atoms with van der Waals surface area (Å²) < 4.78 is 0. The Morgan fingerprint density at radius 3 is 2.70 bits per heavy atom. The first-order chi connectivity index (χ1) is 11.2. The Labute approximate surface area is 136 Å². The number of nitrogens with one attached hydrogen (secondary N) is 1. The Kier molecular flexibility index (Phi) is 4.93. The molecular formula is C16H25N5O2. The van der Waals surface area contributed by atoms with Crippen LogP contribution in [0.1, 0.15) is 58.3 Å². The van der Waals surface area contributed by atoms with Gasteiger partial charge in [0.15, 0.2) is 0 Å². The molecule has 1 unspecified atom stereocenters. The van der Waals surface area contributed by atoms with Gasteiger partial charge < -0.3 is 10.2 Å². The minimum atomic E-state index is -0.325. The first-order valence-corrected chi connectivity index (χ1v) is 8.73. The number of hydrogen-bond donors (Lipinski definition) is 1. The van der Waals surface area contributed by atoms with Crippen molar-refractivity contribution in [2.75, 3.05) is 16.8 Å². The monoisotopic (exact) mass is 319 g/mol. The van der Waals surface area contributed by atoms with Gasteiger partial charge in [0.1, 0.15) is 6.33 Å². The molecule has 1 aromatic heterocycles. The smallest absolute Gasteiger partial charge is 0.353 e. The van der Waals surface area contributed by atoms with Gasteiger partial charge in [-0.3, -0.25) is 10.1 Å². The first-order valence-electron chi connectivity index (χ1n) is 8.73. The van der Waals surface area contributed by atoms with Crippen LogP contribution < -0.4 is 10.2 Å². The summed E-state index contributed by atoms with van der Waals surface area (Å²) in [6.07, 6.45) is 10.2. The van der Waals surface area contributed by atoms with Crippen LogP contribution in [0.3, 0.4) is 0 Å². The number of rotatable bonds is 5. The second-order valence-electron chi connectivity index (χ2n) is 6.53. The van der Waals surface area contributed by atoms with Crippen LogP contribution in [0.15, 0.2) is 6.33 Å². The van der Waals surface area contributed by atoms with Crippen LogP contribution in [0, 0.1) is 10.1 Å². The highest BCUT2D eigenvalue weighted by atomic mass is 16.6. The number of piperidine rings is 1. The van der Waals surface area contributed by atoms with Gasteiger partial charge in [-0.05, 0) is 38.5 Å². The van der Waals surface area contributed by atoms with Crippen molar-refractivity contribution in [3.05, 3.63) is 16.4 Å². The minimum Gasteiger partial charge on any atom is -0.361 e. The average Bonchev–Trinajstić information content (AvgIpc) is 3.07. The maximum absolute atomic E-state index is 11.7. The van der Waals surface area contributed by atoms with Crippen molar-refractivity contribution in [2.24, 2.45) is 0 Å². The summed E-state index contributed by atoms with van der Waals surface area (Å²) in [6.45, 7) is 2.97. The van der Waals surface area contributed by atoms with Crippen molar-refractivity contribution >= 4 is 17.3 Å². The number of hydrogen-bond acceptors (Lipinski definition) is 6. The van der Waals surface area contributed by atoms with Crippen LogP contribution in [0.25, 0.3) is 0 Å². The zero-order chi connectivity index (χ0) is 16.2. The van der Waals surface area contributed by atoms with Crippen LogP contribution in [0.2, 0.25) is 0 Å². The second kappa shape index (κ2) is 7.10. The van der Waals surface area contributed by atoms with Crippen molar-refractivity contribution in [2.45, 2.75) is 70.4 Å². The topological polar surface area (TPSA) is 84.2 Å². The zero-order valence-electron chi connectivity index (χ0n) is 13.7. The van der Waals surface area contributed by atoms with Crippen LogP contribution >= 0.6 is 0 Å². The molecule has 0 spiro atoms. The maximum atomic E-state index is 11.7. The molecule has 126 valence electrons. The van der Waals surface area contributed by atoms with Gasteiger partial charge in [0.2, 0.25) is 11.6 Å². The molecule has 0 radical (unpaired) electrons. The number of nitrogens with zero attached hydrogens (tertiary/aromatic N) is 4. The molecule has 0 aromatic carbocycles. The first kappa shape index (κ1) is 16.0. The summed E-state index contributed by atoms with van der Waals surface area (Å²) in [7, 11) is 0. The summed E-state index contributed by atoms with van der Waals surface area (Å²) >= 11 is 0. The molecule has 0 bridgehead atoms. The third-order valence-corrected chi connectivity index (χ3v) is 5.05. The molecule has 1 aliphatic heterocycles. The van der Waals surface area contributed by atoms with Crippen molar-refractivity contribution in [3.8, 4) is 0 Å². The fraction of sp³-hybridized carbons (Fsp3) is 0.750. The van der Waals surface area contributed by atoms with Crippen molar-refractivity contribution < 1.29 is 4.92 Å². The van der Waals surface area contributed by atoms with E-state index in [-0.39, 0.29) is 10.6 Å². The Morgan fingerprint density at radius 1 is 1.26 bits per heavy atom. The van der Waals surface area contributed by atoms with Crippen LogP contribution in [0.5, 0.6) is 0 Å². The van der Waals surface area contributed by atoms with Gasteiger partial charge in [0, 0.05) is 18.6 Å². The van der Waals surface area contributed by atoms with E-state index in [4.69, 9.17) is 0 Å². The molecule has 1 atom stereocenters. The van der Waals surface area contributed by atoms with E-state index in [1.54, 1.807) is 0 Å². The minimum absolute atomic E-state index is 0.0414. The highest BCUT2D eigenvalue weighted by Crippen LogP contribution is 2.37. The highest BCUT2D eigenvalue weighted by Gasteiger charge is 2.32. The lowest BCUT2D eigenvalue weighted by Crippen LogP contribution is -2.40. The van der Waals surface area contributed by atoms with Gasteiger partial charge >= 0.3 is 5.69 Å². The van der Waals surface area contributed by atoms with E-state index >= 15 is 0 Å². The van der Waals surface area contributed by atoms with E-state index < -0.39 is 0 Å². The van der Waals surface area contributed by atoms with Crippen LogP contribution in [-0.4, -0.2) is 33.5 Å². The van der Waals surface area contributed by atoms with Gasteiger partial charge in [0.25, 0.3) is 0 Å². The molecule has 3 rings (SSSR count). The van der Waals surface area contributed by atoms with E-state index in [9.17, 15) is 10.1 Å². The van der Waals surface area contributed by atoms with Crippen LogP contribution in [0.4, 0.5) is 17.3 Å². The molecule has 7 heteroatoms. The average molecular weight is 319 g/mol. The predicted octanol–water partition coefficient (Wildman–Crippen LogP) is 3.51. The molecule has 1 saturated heterocycles. The fourth-order valence-electron chi connectivity index (χ4n) is 3.82. The molecular weight excluding hydrogens is 294 g/mol. The van der Waals surface area contributed by atoms with Gasteiger partial charge in [-0.15, -0.1) is 0 Å².